The molecule has 1 aliphatic heterocycles. The van der Waals surface area contributed by atoms with E-state index in [1.165, 1.54) is 0 Å². The van der Waals surface area contributed by atoms with Crippen LogP contribution in [0.1, 0.15) is 12.8 Å². The Hall–Kier alpha value is -1.20. The molecular formula is C10H16N2O3. The predicted octanol–water partition coefficient (Wildman–Crippen LogP) is -0.416. The molecule has 2 N–H and O–H groups in total. The summed E-state index contributed by atoms with van der Waals surface area (Å²) in [5.41, 5.74) is 0. The van der Waals surface area contributed by atoms with Gasteiger partial charge in [0.25, 0.3) is 0 Å². The van der Waals surface area contributed by atoms with Crippen molar-refractivity contribution in [2.45, 2.75) is 18.9 Å². The van der Waals surface area contributed by atoms with Gasteiger partial charge in [-0.1, -0.05) is 6.08 Å². The van der Waals surface area contributed by atoms with E-state index in [9.17, 15) is 9.59 Å². The molecule has 1 aliphatic rings. The van der Waals surface area contributed by atoms with Crippen LogP contribution in [0.4, 0.5) is 0 Å². The maximum atomic E-state index is 11.1. The van der Waals surface area contributed by atoms with Crippen LogP contribution in [0.3, 0.4) is 0 Å². The standard InChI is InChI=1S/C10H16N2O3/c1-2-3-5-15-6-4-11-8-7-9(13)12-10(8)14/h2,8,11H,1,3-7H2,(H,12,13,14). The minimum absolute atomic E-state index is 0.218. The highest BCUT2D eigenvalue weighted by molar-refractivity contribution is 6.05. The Morgan fingerprint density at radius 1 is 1.53 bits per heavy atom. The van der Waals surface area contributed by atoms with Gasteiger partial charge in [0.2, 0.25) is 11.8 Å². The van der Waals surface area contributed by atoms with Gasteiger partial charge in [-0.2, -0.15) is 0 Å². The molecule has 1 unspecified atom stereocenters. The first kappa shape index (κ1) is 11.9. The minimum atomic E-state index is -0.388. The molecule has 0 aromatic heterocycles. The molecule has 0 aromatic rings. The predicted molar refractivity (Wildman–Crippen MR) is 55.2 cm³/mol. The van der Waals surface area contributed by atoms with Crippen LogP contribution in [0.2, 0.25) is 0 Å². The Bertz CT molecular complexity index is 253. The molecule has 1 saturated heterocycles. The van der Waals surface area contributed by atoms with E-state index < -0.39 is 0 Å². The van der Waals surface area contributed by atoms with Crippen LogP contribution >= 0.6 is 0 Å². The number of hydrogen-bond donors (Lipinski definition) is 2. The molecule has 5 nitrogen and oxygen atoms in total. The molecule has 0 saturated carbocycles. The molecule has 1 rings (SSSR count). The molecule has 0 aliphatic carbocycles. The highest BCUT2D eigenvalue weighted by Gasteiger charge is 2.29. The number of rotatable bonds is 7. The van der Waals surface area contributed by atoms with Crippen LogP contribution in [-0.2, 0) is 14.3 Å². The maximum absolute atomic E-state index is 11.1. The summed E-state index contributed by atoms with van der Waals surface area (Å²) >= 11 is 0. The quantitative estimate of drug-likeness (QED) is 0.342. The van der Waals surface area contributed by atoms with Crippen LogP contribution in [0.5, 0.6) is 0 Å². The summed E-state index contributed by atoms with van der Waals surface area (Å²) in [5, 5.41) is 5.19. The third kappa shape index (κ3) is 4.22. The van der Waals surface area contributed by atoms with Gasteiger partial charge in [0.05, 0.1) is 25.7 Å². The maximum Gasteiger partial charge on any atom is 0.244 e. The van der Waals surface area contributed by atoms with E-state index in [2.05, 4.69) is 17.2 Å². The molecule has 2 amide bonds. The Balaban J connectivity index is 2.02. The lowest BCUT2D eigenvalue weighted by atomic mass is 10.2. The fraction of sp³-hybridized carbons (Fsp3) is 0.600. The summed E-state index contributed by atoms with van der Waals surface area (Å²) in [6.45, 7) is 5.32. The van der Waals surface area contributed by atoms with Gasteiger partial charge in [-0.05, 0) is 6.42 Å². The average Bonchev–Trinajstić information content (AvgIpc) is 2.51. The van der Waals surface area contributed by atoms with Crippen molar-refractivity contribution in [2.75, 3.05) is 19.8 Å². The zero-order chi connectivity index (χ0) is 11.1. The summed E-state index contributed by atoms with van der Waals surface area (Å²) in [7, 11) is 0. The van der Waals surface area contributed by atoms with Crippen molar-refractivity contribution in [3.05, 3.63) is 12.7 Å². The number of amides is 2. The Labute approximate surface area is 88.9 Å². The lowest BCUT2D eigenvalue weighted by Crippen LogP contribution is -2.38. The van der Waals surface area contributed by atoms with Gasteiger partial charge in [0.1, 0.15) is 0 Å². The first-order chi connectivity index (χ1) is 7.24. The van der Waals surface area contributed by atoms with E-state index in [0.717, 1.165) is 6.42 Å². The van der Waals surface area contributed by atoms with E-state index >= 15 is 0 Å². The average molecular weight is 212 g/mol. The minimum Gasteiger partial charge on any atom is -0.380 e. The van der Waals surface area contributed by atoms with Gasteiger partial charge in [0.15, 0.2) is 0 Å². The van der Waals surface area contributed by atoms with Gasteiger partial charge in [-0.3, -0.25) is 14.9 Å². The Kier molecular flexibility index (Phi) is 5.00. The first-order valence-corrected chi connectivity index (χ1v) is 4.99. The Morgan fingerprint density at radius 2 is 2.33 bits per heavy atom. The molecule has 84 valence electrons. The van der Waals surface area contributed by atoms with Crippen LogP contribution in [0.15, 0.2) is 12.7 Å². The van der Waals surface area contributed by atoms with Crippen molar-refractivity contribution in [1.82, 2.24) is 10.6 Å². The van der Waals surface area contributed by atoms with Crippen LogP contribution < -0.4 is 10.6 Å². The molecule has 0 bridgehead atoms. The highest BCUT2D eigenvalue weighted by atomic mass is 16.5. The molecule has 0 radical (unpaired) electrons. The van der Waals surface area contributed by atoms with E-state index in [4.69, 9.17) is 4.74 Å². The summed E-state index contributed by atoms with van der Waals surface area (Å²) in [6, 6.07) is -0.388. The van der Waals surface area contributed by atoms with Gasteiger partial charge in [-0.25, -0.2) is 0 Å². The third-order valence-electron chi connectivity index (χ3n) is 2.07. The highest BCUT2D eigenvalue weighted by Crippen LogP contribution is 2.00. The number of nitrogens with one attached hydrogen (secondary N) is 2. The molecule has 0 aromatic carbocycles. The van der Waals surface area contributed by atoms with Crippen LogP contribution in [0, 0.1) is 0 Å². The summed E-state index contributed by atoms with van der Waals surface area (Å²) in [4.78, 5) is 21.9. The third-order valence-corrected chi connectivity index (χ3v) is 2.07. The second-order valence-electron chi connectivity index (χ2n) is 3.31. The van der Waals surface area contributed by atoms with Crippen molar-refractivity contribution in [2.24, 2.45) is 0 Å². The molecule has 1 atom stereocenters. The fourth-order valence-electron chi connectivity index (χ4n) is 1.29. The molecule has 1 fully saturated rings. The topological polar surface area (TPSA) is 67.4 Å². The number of hydrogen-bond acceptors (Lipinski definition) is 4. The smallest absolute Gasteiger partial charge is 0.244 e. The monoisotopic (exact) mass is 212 g/mol. The van der Waals surface area contributed by atoms with Crippen molar-refractivity contribution < 1.29 is 14.3 Å². The second-order valence-corrected chi connectivity index (χ2v) is 3.31. The summed E-state index contributed by atoms with van der Waals surface area (Å²) in [6.07, 6.45) is 2.84. The zero-order valence-electron chi connectivity index (χ0n) is 8.62. The molecule has 5 heteroatoms. The lowest BCUT2D eigenvalue weighted by Gasteiger charge is -2.08. The van der Waals surface area contributed by atoms with Crippen molar-refractivity contribution >= 4 is 11.8 Å². The second kappa shape index (κ2) is 6.31. The normalized spacial score (nSPS) is 20.4. The largest absolute Gasteiger partial charge is 0.380 e. The fourth-order valence-corrected chi connectivity index (χ4v) is 1.29. The van der Waals surface area contributed by atoms with Crippen LogP contribution in [0.25, 0.3) is 0 Å². The van der Waals surface area contributed by atoms with Crippen LogP contribution in [-0.4, -0.2) is 37.6 Å². The van der Waals surface area contributed by atoms with E-state index in [1.54, 1.807) is 6.08 Å². The molecule has 1 heterocycles. The van der Waals surface area contributed by atoms with Crippen molar-refractivity contribution in [3.63, 3.8) is 0 Å². The van der Waals surface area contributed by atoms with E-state index in [1.807, 2.05) is 0 Å². The summed E-state index contributed by atoms with van der Waals surface area (Å²) in [5.74, 6) is -0.462. The SMILES string of the molecule is C=CCCOCCNC1CC(=O)NC1=O. The van der Waals surface area contributed by atoms with E-state index in [-0.39, 0.29) is 24.3 Å². The lowest BCUT2D eigenvalue weighted by molar-refractivity contribution is -0.125. The number of ether oxygens (including phenoxy) is 1. The molecular weight excluding hydrogens is 196 g/mol. The van der Waals surface area contributed by atoms with Crippen molar-refractivity contribution in [1.29, 1.82) is 0 Å². The summed E-state index contributed by atoms with van der Waals surface area (Å²) < 4.78 is 5.25. The Morgan fingerprint density at radius 3 is 2.93 bits per heavy atom. The first-order valence-electron chi connectivity index (χ1n) is 4.99. The van der Waals surface area contributed by atoms with Gasteiger partial charge < -0.3 is 10.1 Å². The zero-order valence-corrected chi connectivity index (χ0v) is 8.62. The van der Waals surface area contributed by atoms with Gasteiger partial charge in [-0.15, -0.1) is 6.58 Å². The molecule has 0 spiro atoms. The number of imide groups is 1. The number of carbonyl (C=O) groups excluding carboxylic acids is 2. The van der Waals surface area contributed by atoms with Gasteiger partial charge >= 0.3 is 0 Å². The molecule has 15 heavy (non-hydrogen) atoms. The van der Waals surface area contributed by atoms with Crippen molar-refractivity contribution in [3.8, 4) is 0 Å². The van der Waals surface area contributed by atoms with E-state index in [0.29, 0.717) is 19.8 Å². The number of carbonyl (C=O) groups is 2. The van der Waals surface area contributed by atoms with Gasteiger partial charge in [0, 0.05) is 6.54 Å².